The van der Waals surface area contributed by atoms with E-state index in [-0.39, 0.29) is 42.7 Å². The van der Waals surface area contributed by atoms with Gasteiger partial charge in [0.25, 0.3) is 0 Å². The third-order valence-electron chi connectivity index (χ3n) is 10.3. The zero-order valence-electron chi connectivity index (χ0n) is 39.1. The van der Waals surface area contributed by atoms with Gasteiger partial charge in [-0.05, 0) is 83.5 Å². The van der Waals surface area contributed by atoms with E-state index in [1.165, 1.54) is 57.8 Å². The fourth-order valence-electron chi connectivity index (χ4n) is 6.62. The maximum absolute atomic E-state index is 12.8. The minimum absolute atomic E-state index is 0.0297. The number of nitrogens with zero attached hydrogens (tertiary/aromatic N) is 1. The normalized spacial score (nSPS) is 13.6. The molecule has 344 valence electrons. The van der Waals surface area contributed by atoms with E-state index in [0.29, 0.717) is 12.8 Å². The van der Waals surface area contributed by atoms with Crippen LogP contribution in [0.1, 0.15) is 187 Å². The van der Waals surface area contributed by atoms with Crippen LogP contribution in [0.15, 0.2) is 72.9 Å². The van der Waals surface area contributed by atoms with Crippen LogP contribution in [0.4, 0.5) is 0 Å². The Morgan fingerprint density at radius 2 is 0.933 bits per heavy atom. The number of hydrogen-bond acceptors (Lipinski definition) is 7. The van der Waals surface area contributed by atoms with Gasteiger partial charge in [-0.25, -0.2) is 0 Å². The second-order valence-corrected chi connectivity index (χ2v) is 17.0. The molecule has 0 fully saturated rings. The van der Waals surface area contributed by atoms with Crippen LogP contribution in [0, 0.1) is 0 Å². The maximum Gasteiger partial charge on any atom is 0.306 e. The molecular weight excluding hydrogens is 751 g/mol. The van der Waals surface area contributed by atoms with E-state index in [1.54, 1.807) is 21.1 Å². The first-order chi connectivity index (χ1) is 29.1. The Morgan fingerprint density at radius 1 is 0.517 bits per heavy atom. The van der Waals surface area contributed by atoms with Gasteiger partial charge >= 0.3 is 11.9 Å². The SMILES string of the molecule is CC/C=C\C/C=C\C/C=C\C/C=C\CCCCCCCCCCC(=O)OC(COCCC(C(=O)[O-])[N+](C)(C)C)COC(=O)CCCCCCC/C=C\C/C=C\CCCCC. The third kappa shape index (κ3) is 40.2. The predicted octanol–water partition coefficient (Wildman–Crippen LogP) is 12.2. The summed E-state index contributed by atoms with van der Waals surface area (Å²) in [6.45, 7) is 4.50. The number of carbonyl (C=O) groups excluding carboxylic acids is 3. The summed E-state index contributed by atoms with van der Waals surface area (Å²) in [4.78, 5) is 37.0. The monoisotopic (exact) mass is 840 g/mol. The average Bonchev–Trinajstić information content (AvgIpc) is 3.21. The van der Waals surface area contributed by atoms with E-state index in [4.69, 9.17) is 14.2 Å². The van der Waals surface area contributed by atoms with Gasteiger partial charge in [-0.2, -0.15) is 0 Å². The van der Waals surface area contributed by atoms with Crippen molar-refractivity contribution < 1.29 is 38.2 Å². The third-order valence-corrected chi connectivity index (χ3v) is 10.3. The number of aliphatic carboxylic acids is 1. The summed E-state index contributed by atoms with van der Waals surface area (Å²) in [6, 6.07) is -0.733. The number of rotatable bonds is 42. The number of unbranched alkanes of at least 4 members (excludes halogenated alkanes) is 16. The summed E-state index contributed by atoms with van der Waals surface area (Å²) in [5.41, 5.74) is 0. The average molecular weight is 840 g/mol. The first kappa shape index (κ1) is 56.8. The van der Waals surface area contributed by atoms with Crippen molar-refractivity contribution in [3.05, 3.63) is 72.9 Å². The molecule has 8 nitrogen and oxygen atoms in total. The molecule has 0 heterocycles. The van der Waals surface area contributed by atoms with Crippen molar-refractivity contribution in [2.75, 3.05) is 41.0 Å². The van der Waals surface area contributed by atoms with Gasteiger partial charge in [-0.1, -0.05) is 157 Å². The van der Waals surface area contributed by atoms with E-state index in [2.05, 4.69) is 86.8 Å². The van der Waals surface area contributed by atoms with E-state index >= 15 is 0 Å². The minimum atomic E-state index is -1.13. The van der Waals surface area contributed by atoms with Crippen LogP contribution >= 0.6 is 0 Å². The number of quaternary nitrogens is 1. The van der Waals surface area contributed by atoms with Crippen LogP contribution in [-0.4, -0.2) is 75.5 Å². The molecule has 0 aromatic rings. The van der Waals surface area contributed by atoms with E-state index in [1.807, 2.05) is 0 Å². The summed E-state index contributed by atoms with van der Waals surface area (Å²) < 4.78 is 17.2. The first-order valence-corrected chi connectivity index (χ1v) is 24.0. The molecule has 0 aromatic heterocycles. The number of hydrogen-bond donors (Lipinski definition) is 0. The molecule has 0 amide bonds. The summed E-state index contributed by atoms with van der Waals surface area (Å²) >= 11 is 0. The lowest BCUT2D eigenvalue weighted by molar-refractivity contribution is -0.889. The molecule has 2 unspecified atom stereocenters. The molecule has 0 rings (SSSR count). The van der Waals surface area contributed by atoms with Gasteiger partial charge in [-0.3, -0.25) is 9.59 Å². The minimum Gasteiger partial charge on any atom is -0.544 e. The predicted molar refractivity (Wildman–Crippen MR) is 249 cm³/mol. The molecule has 0 aromatic carbocycles. The maximum atomic E-state index is 12.8. The fourth-order valence-corrected chi connectivity index (χ4v) is 6.62. The number of allylic oxidation sites excluding steroid dienone is 12. The summed E-state index contributed by atoms with van der Waals surface area (Å²) in [5.74, 6) is -1.77. The number of carbonyl (C=O) groups is 3. The Labute approximate surface area is 368 Å². The van der Waals surface area contributed by atoms with Gasteiger partial charge in [0.15, 0.2) is 6.10 Å². The van der Waals surface area contributed by atoms with E-state index in [9.17, 15) is 19.5 Å². The summed E-state index contributed by atoms with van der Waals surface area (Å²) in [6.07, 6.45) is 53.5. The van der Waals surface area contributed by atoms with Gasteiger partial charge in [0.1, 0.15) is 12.6 Å². The molecule has 0 aliphatic carbocycles. The molecular formula is C52H89NO7. The van der Waals surface area contributed by atoms with Crippen molar-refractivity contribution in [3.63, 3.8) is 0 Å². The number of carboxylic acids is 1. The summed E-state index contributed by atoms with van der Waals surface area (Å²) in [7, 11) is 5.40. The van der Waals surface area contributed by atoms with E-state index in [0.717, 1.165) is 96.3 Å². The Balaban J connectivity index is 4.33. The number of esters is 2. The zero-order chi connectivity index (χ0) is 44.2. The van der Waals surface area contributed by atoms with Gasteiger partial charge in [0, 0.05) is 19.3 Å². The molecule has 2 atom stereocenters. The Bertz CT molecular complexity index is 1210. The highest BCUT2D eigenvalue weighted by Gasteiger charge is 2.25. The molecule has 0 spiro atoms. The quantitative estimate of drug-likeness (QED) is 0.0261. The smallest absolute Gasteiger partial charge is 0.306 e. The molecule has 8 heteroatoms. The highest BCUT2D eigenvalue weighted by atomic mass is 16.6. The Morgan fingerprint density at radius 3 is 1.38 bits per heavy atom. The largest absolute Gasteiger partial charge is 0.544 e. The van der Waals surface area contributed by atoms with E-state index < -0.39 is 18.1 Å². The highest BCUT2D eigenvalue weighted by Crippen LogP contribution is 2.14. The molecule has 0 N–H and O–H groups in total. The van der Waals surface area contributed by atoms with Gasteiger partial charge < -0.3 is 28.6 Å². The molecule has 0 radical (unpaired) electrons. The lowest BCUT2D eigenvalue weighted by Gasteiger charge is -2.34. The van der Waals surface area contributed by atoms with Gasteiger partial charge in [0.2, 0.25) is 0 Å². The standard InChI is InChI=1S/C52H89NO7/c1-6-8-10-12-14-16-18-20-22-23-24-25-26-27-29-31-33-35-37-39-41-43-51(55)60-48(46-58-45-44-49(52(56)57)53(3,4)5)47-59-50(54)42-40-38-36-34-32-30-28-21-19-17-15-13-11-9-7-2/h8,10,14-17,20-22,24-25,28,48-49H,6-7,9,11-13,18-19,23,26-27,29-47H2,1-5H3/b10-8-,16-14-,17-15-,22-20-,25-24-,28-21-. The Kier molecular flexibility index (Phi) is 40.2. The molecule has 0 aliphatic heterocycles. The van der Waals surface area contributed by atoms with Crippen LogP contribution < -0.4 is 5.11 Å². The molecule has 0 saturated heterocycles. The highest BCUT2D eigenvalue weighted by molar-refractivity contribution is 5.70. The number of ether oxygens (including phenoxy) is 3. The van der Waals surface area contributed by atoms with Crippen LogP contribution in [0.3, 0.4) is 0 Å². The number of likely N-dealkylation sites (N-methyl/N-ethyl adjacent to an activating group) is 1. The van der Waals surface area contributed by atoms with Crippen LogP contribution in [0.5, 0.6) is 0 Å². The van der Waals surface area contributed by atoms with Crippen LogP contribution in [-0.2, 0) is 28.6 Å². The fraction of sp³-hybridized carbons (Fsp3) is 0.712. The van der Waals surface area contributed by atoms with Crippen molar-refractivity contribution in [2.45, 2.75) is 199 Å². The molecule has 0 saturated carbocycles. The van der Waals surface area contributed by atoms with Gasteiger partial charge in [-0.15, -0.1) is 0 Å². The lowest BCUT2D eigenvalue weighted by Crippen LogP contribution is -2.55. The van der Waals surface area contributed by atoms with Crippen LogP contribution in [0.2, 0.25) is 0 Å². The van der Waals surface area contributed by atoms with Crippen molar-refractivity contribution in [3.8, 4) is 0 Å². The van der Waals surface area contributed by atoms with Crippen LogP contribution in [0.25, 0.3) is 0 Å². The molecule has 60 heavy (non-hydrogen) atoms. The summed E-state index contributed by atoms with van der Waals surface area (Å²) in [5, 5.41) is 11.6. The topological polar surface area (TPSA) is 102 Å². The Hall–Kier alpha value is -3.23. The molecule has 0 aliphatic rings. The van der Waals surface area contributed by atoms with Crippen molar-refractivity contribution in [1.82, 2.24) is 0 Å². The van der Waals surface area contributed by atoms with Crippen molar-refractivity contribution >= 4 is 17.9 Å². The van der Waals surface area contributed by atoms with Crippen molar-refractivity contribution in [1.29, 1.82) is 0 Å². The van der Waals surface area contributed by atoms with Gasteiger partial charge in [0.05, 0.1) is 40.3 Å². The lowest BCUT2D eigenvalue weighted by atomic mass is 10.1. The molecule has 0 bridgehead atoms. The van der Waals surface area contributed by atoms with Crippen molar-refractivity contribution in [2.24, 2.45) is 0 Å². The second kappa shape index (κ2) is 42.5. The zero-order valence-corrected chi connectivity index (χ0v) is 39.1. The second-order valence-electron chi connectivity index (χ2n) is 17.0. The number of carboxylic acid groups (broad SMARTS) is 1. The first-order valence-electron chi connectivity index (χ1n) is 24.0.